The molecule has 0 aliphatic carbocycles. The van der Waals surface area contributed by atoms with E-state index in [1.807, 2.05) is 36.4 Å². The van der Waals surface area contributed by atoms with Crippen molar-refractivity contribution in [2.24, 2.45) is 5.73 Å². The van der Waals surface area contributed by atoms with Crippen molar-refractivity contribution in [3.63, 3.8) is 0 Å². The zero-order chi connectivity index (χ0) is 30.4. The topological polar surface area (TPSA) is 180 Å². The van der Waals surface area contributed by atoms with Crippen LogP contribution in [0.3, 0.4) is 0 Å². The molecular formula is C28H34N6O7. The summed E-state index contributed by atoms with van der Waals surface area (Å²) in [6.07, 6.45) is 1.06. The van der Waals surface area contributed by atoms with Crippen molar-refractivity contribution in [2.75, 3.05) is 13.6 Å². The van der Waals surface area contributed by atoms with Crippen LogP contribution in [0.4, 0.5) is 4.79 Å². The van der Waals surface area contributed by atoms with Crippen molar-refractivity contribution < 1.29 is 33.5 Å². The lowest BCUT2D eigenvalue weighted by Gasteiger charge is -2.24. The Morgan fingerprint density at radius 3 is 1.93 bits per heavy atom. The molecular weight excluding hydrogens is 532 g/mol. The van der Waals surface area contributed by atoms with E-state index in [9.17, 15) is 28.8 Å². The molecule has 13 heteroatoms. The molecule has 0 fully saturated rings. The van der Waals surface area contributed by atoms with Crippen molar-refractivity contribution in [3.8, 4) is 0 Å². The zero-order valence-electron chi connectivity index (χ0n) is 23.0. The maximum atomic E-state index is 12.6. The summed E-state index contributed by atoms with van der Waals surface area (Å²) in [5.74, 6) is -3.87. The monoisotopic (exact) mass is 566 g/mol. The number of rotatable bonds is 12. The second-order valence-electron chi connectivity index (χ2n) is 9.04. The molecule has 0 radical (unpaired) electrons. The van der Waals surface area contributed by atoms with Gasteiger partial charge in [0.25, 0.3) is 11.8 Å². The van der Waals surface area contributed by atoms with Gasteiger partial charge in [-0.1, -0.05) is 60.7 Å². The molecule has 2 aromatic rings. The average molecular weight is 567 g/mol. The molecule has 0 aliphatic heterocycles. The first-order valence-corrected chi connectivity index (χ1v) is 12.6. The molecule has 41 heavy (non-hydrogen) atoms. The number of alkyl carbamates (subject to hydrolysis) is 1. The summed E-state index contributed by atoms with van der Waals surface area (Å²) in [5.41, 5.74) is 9.05. The molecule has 0 saturated carbocycles. The van der Waals surface area contributed by atoms with Crippen LogP contribution >= 0.6 is 0 Å². The molecule has 2 unspecified atom stereocenters. The number of benzene rings is 2. The molecule has 0 aliphatic rings. The number of hydrogen-bond acceptors (Lipinski definition) is 7. The lowest BCUT2D eigenvalue weighted by atomic mass is 10.2. The van der Waals surface area contributed by atoms with Crippen LogP contribution in [0.25, 0.3) is 0 Å². The van der Waals surface area contributed by atoms with Crippen LogP contribution in [0.5, 0.6) is 0 Å². The first kappa shape index (κ1) is 32.0. The summed E-state index contributed by atoms with van der Waals surface area (Å²) in [4.78, 5) is 75.0. The van der Waals surface area contributed by atoms with Crippen molar-refractivity contribution in [1.82, 2.24) is 26.0 Å². The fourth-order valence-electron chi connectivity index (χ4n) is 3.26. The Hall–Kier alpha value is -5.20. The van der Waals surface area contributed by atoms with Gasteiger partial charge in [-0.2, -0.15) is 0 Å². The number of nitrogens with zero attached hydrogens (tertiary/aromatic N) is 2. The Morgan fingerprint density at radius 1 is 0.805 bits per heavy atom. The fourth-order valence-corrected chi connectivity index (χ4v) is 3.26. The van der Waals surface area contributed by atoms with Crippen molar-refractivity contribution in [1.29, 1.82) is 0 Å². The van der Waals surface area contributed by atoms with Crippen molar-refractivity contribution >= 4 is 35.6 Å². The highest BCUT2D eigenvalue weighted by atomic mass is 16.5. The minimum absolute atomic E-state index is 0.00685. The molecule has 0 heterocycles. The summed E-state index contributed by atoms with van der Waals surface area (Å²) >= 11 is 0. The molecule has 6 amide bonds. The fraction of sp³-hybridized carbons (Fsp3) is 0.286. The summed E-state index contributed by atoms with van der Waals surface area (Å²) in [6.45, 7) is 2.35. The van der Waals surface area contributed by atoms with Crippen LogP contribution in [0.1, 0.15) is 25.0 Å². The van der Waals surface area contributed by atoms with E-state index in [0.29, 0.717) is 11.6 Å². The standard InChI is InChI=1S/C28H34N6O7/c1-19(31-28(40)41-18-22-12-8-5-9-13-22)26(38)30-20(2)27(39)32-34(17-23(29)35)25(37)15-14-24(36)33(3)16-21-10-6-4-7-11-21/h4-15,19-20H,16-18H2,1-3H3,(H2,29,35)(H,30,38)(H,31,40)(H,32,39)/b15-14+. The maximum absolute atomic E-state index is 12.6. The lowest BCUT2D eigenvalue weighted by molar-refractivity contribution is -0.142. The number of likely N-dealkylation sites (N-methyl/N-ethyl adjacent to an activating group) is 1. The molecule has 0 bridgehead atoms. The van der Waals surface area contributed by atoms with Crippen LogP contribution in [0.15, 0.2) is 72.8 Å². The number of ether oxygens (including phenoxy) is 1. The third kappa shape index (κ3) is 11.6. The molecule has 2 rings (SSSR count). The van der Waals surface area contributed by atoms with Gasteiger partial charge in [0.15, 0.2) is 0 Å². The number of hydrazine groups is 1. The molecule has 5 N–H and O–H groups in total. The predicted molar refractivity (Wildman–Crippen MR) is 148 cm³/mol. The maximum Gasteiger partial charge on any atom is 0.408 e. The van der Waals surface area contributed by atoms with E-state index < -0.39 is 54.3 Å². The van der Waals surface area contributed by atoms with E-state index in [-0.39, 0.29) is 6.61 Å². The smallest absolute Gasteiger partial charge is 0.408 e. The summed E-state index contributed by atoms with van der Waals surface area (Å²) < 4.78 is 5.07. The highest BCUT2D eigenvalue weighted by molar-refractivity contribution is 5.99. The number of carbonyl (C=O) groups excluding carboxylic acids is 6. The van der Waals surface area contributed by atoms with Gasteiger partial charge in [0.1, 0.15) is 25.2 Å². The molecule has 2 atom stereocenters. The lowest BCUT2D eigenvalue weighted by Crippen LogP contribution is -2.56. The summed E-state index contributed by atoms with van der Waals surface area (Å²) in [5, 5.41) is 5.37. The van der Waals surface area contributed by atoms with Gasteiger partial charge in [0.05, 0.1) is 0 Å². The van der Waals surface area contributed by atoms with Gasteiger partial charge in [-0.3, -0.25) is 29.4 Å². The first-order valence-electron chi connectivity index (χ1n) is 12.6. The third-order valence-corrected chi connectivity index (χ3v) is 5.52. The van der Waals surface area contributed by atoms with Crippen molar-refractivity contribution in [3.05, 3.63) is 83.9 Å². The second kappa shape index (κ2) is 16.0. The van der Waals surface area contributed by atoms with Gasteiger partial charge < -0.3 is 26.0 Å². The Balaban J connectivity index is 1.88. The van der Waals surface area contributed by atoms with Gasteiger partial charge >= 0.3 is 6.09 Å². The number of nitrogens with one attached hydrogen (secondary N) is 3. The van der Waals surface area contributed by atoms with Crippen LogP contribution in [-0.4, -0.2) is 71.2 Å². The van der Waals surface area contributed by atoms with E-state index in [0.717, 1.165) is 23.3 Å². The van der Waals surface area contributed by atoms with E-state index in [2.05, 4.69) is 16.1 Å². The third-order valence-electron chi connectivity index (χ3n) is 5.52. The Bertz CT molecular complexity index is 1250. The Morgan fingerprint density at radius 2 is 1.34 bits per heavy atom. The summed E-state index contributed by atoms with van der Waals surface area (Å²) in [7, 11) is 1.55. The number of primary amides is 1. The second-order valence-corrected chi connectivity index (χ2v) is 9.04. The minimum Gasteiger partial charge on any atom is -0.445 e. The van der Waals surface area contributed by atoms with Gasteiger partial charge in [-0.25, -0.2) is 9.80 Å². The first-order chi connectivity index (χ1) is 19.5. The largest absolute Gasteiger partial charge is 0.445 e. The quantitative estimate of drug-likeness (QED) is 0.211. The van der Waals surface area contributed by atoms with Crippen LogP contribution < -0.4 is 21.8 Å². The van der Waals surface area contributed by atoms with Crippen LogP contribution in [0.2, 0.25) is 0 Å². The number of amides is 6. The van der Waals surface area contributed by atoms with E-state index in [1.54, 1.807) is 31.3 Å². The number of nitrogens with two attached hydrogens (primary N) is 1. The molecule has 2 aromatic carbocycles. The van der Waals surface area contributed by atoms with E-state index in [1.165, 1.54) is 18.7 Å². The van der Waals surface area contributed by atoms with E-state index >= 15 is 0 Å². The molecule has 218 valence electrons. The number of hydrogen-bond donors (Lipinski definition) is 4. The summed E-state index contributed by atoms with van der Waals surface area (Å²) in [6, 6.07) is 15.9. The SMILES string of the molecule is CC(NC(=O)OCc1ccccc1)C(=O)NC(C)C(=O)NN(CC(N)=O)C(=O)/C=C/C(=O)N(C)Cc1ccccc1. The highest BCUT2D eigenvalue weighted by Gasteiger charge is 2.24. The van der Waals surface area contributed by atoms with E-state index in [4.69, 9.17) is 10.5 Å². The average Bonchev–Trinajstić information content (AvgIpc) is 2.94. The molecule has 0 spiro atoms. The zero-order valence-corrected chi connectivity index (χ0v) is 23.0. The minimum atomic E-state index is -1.18. The van der Waals surface area contributed by atoms with Gasteiger partial charge in [-0.15, -0.1) is 0 Å². The predicted octanol–water partition coefficient (Wildman–Crippen LogP) is 0.366. The van der Waals surface area contributed by atoms with Crippen molar-refractivity contribution in [2.45, 2.75) is 39.1 Å². The highest BCUT2D eigenvalue weighted by Crippen LogP contribution is 2.04. The normalized spacial score (nSPS) is 12.0. The molecule has 13 nitrogen and oxygen atoms in total. The number of carbonyl (C=O) groups is 6. The van der Waals surface area contributed by atoms with Crippen LogP contribution in [0, 0.1) is 0 Å². The Kier molecular flexibility index (Phi) is 12.5. The molecule has 0 aromatic heterocycles. The van der Waals surface area contributed by atoms with Gasteiger partial charge in [0, 0.05) is 25.7 Å². The van der Waals surface area contributed by atoms with Gasteiger partial charge in [-0.05, 0) is 25.0 Å². The molecule has 0 saturated heterocycles. The van der Waals surface area contributed by atoms with Crippen LogP contribution in [-0.2, 0) is 41.9 Å². The van der Waals surface area contributed by atoms with Gasteiger partial charge in [0.2, 0.25) is 17.7 Å². The Labute approximate surface area is 237 Å².